The van der Waals surface area contributed by atoms with E-state index in [9.17, 15) is 12.8 Å². The van der Waals surface area contributed by atoms with Gasteiger partial charge in [-0.1, -0.05) is 23.7 Å². The molecule has 1 aromatic heterocycles. The molecule has 28 heavy (non-hydrogen) atoms. The Morgan fingerprint density at radius 3 is 2.39 bits per heavy atom. The molecule has 0 unspecified atom stereocenters. The molecule has 3 aromatic rings. The summed E-state index contributed by atoms with van der Waals surface area (Å²) in [6, 6.07) is 6.41. The van der Waals surface area contributed by atoms with Crippen LogP contribution in [0.4, 0.5) is 10.1 Å². The van der Waals surface area contributed by atoms with Crippen LogP contribution in [0.5, 0.6) is 0 Å². The third-order valence-electron chi connectivity index (χ3n) is 4.83. The van der Waals surface area contributed by atoms with Crippen LogP contribution in [0.2, 0.25) is 5.02 Å². The standard InChI is InChI=1S/C20H21ClFN3O2S/c1-12-8-13(2)15(4)20(14(12)3)28(26,27)24-16-9-23-25(10-16)11-17-18(21)6-5-7-19(17)22/h5-10,24H,11H2,1-4H3. The highest BCUT2D eigenvalue weighted by Crippen LogP contribution is 2.28. The molecule has 1 heterocycles. The summed E-state index contributed by atoms with van der Waals surface area (Å²) < 4.78 is 44.0. The number of hydrogen-bond acceptors (Lipinski definition) is 3. The molecule has 3 rings (SSSR count). The van der Waals surface area contributed by atoms with E-state index in [1.54, 1.807) is 19.9 Å². The maximum atomic E-state index is 14.0. The lowest BCUT2D eigenvalue weighted by Gasteiger charge is -2.16. The number of sulfonamides is 1. The second-order valence-corrected chi connectivity index (χ2v) is 8.85. The van der Waals surface area contributed by atoms with E-state index in [0.29, 0.717) is 27.4 Å². The van der Waals surface area contributed by atoms with Gasteiger partial charge in [-0.25, -0.2) is 12.8 Å². The van der Waals surface area contributed by atoms with Crippen molar-refractivity contribution < 1.29 is 12.8 Å². The van der Waals surface area contributed by atoms with Crippen molar-refractivity contribution in [2.75, 3.05) is 4.72 Å². The Balaban J connectivity index is 1.90. The molecule has 0 aliphatic carbocycles. The fourth-order valence-corrected chi connectivity index (χ4v) is 5.01. The number of anilines is 1. The Labute approximate surface area is 169 Å². The summed E-state index contributed by atoms with van der Waals surface area (Å²) in [7, 11) is -3.80. The predicted octanol–water partition coefficient (Wildman–Crippen LogP) is 4.76. The summed E-state index contributed by atoms with van der Waals surface area (Å²) in [5, 5.41) is 4.41. The second kappa shape index (κ2) is 7.56. The lowest BCUT2D eigenvalue weighted by molar-refractivity contribution is 0.585. The Kier molecular flexibility index (Phi) is 5.50. The third-order valence-corrected chi connectivity index (χ3v) is 6.84. The van der Waals surface area contributed by atoms with Crippen LogP contribution in [-0.4, -0.2) is 18.2 Å². The van der Waals surface area contributed by atoms with E-state index >= 15 is 0 Å². The number of nitrogens with one attached hydrogen (secondary N) is 1. The van der Waals surface area contributed by atoms with Crippen LogP contribution in [0.3, 0.4) is 0 Å². The van der Waals surface area contributed by atoms with Gasteiger partial charge >= 0.3 is 0 Å². The molecule has 0 amide bonds. The van der Waals surface area contributed by atoms with Gasteiger partial charge in [-0.3, -0.25) is 9.40 Å². The average Bonchev–Trinajstić information content (AvgIpc) is 3.03. The SMILES string of the molecule is Cc1cc(C)c(C)c(S(=O)(=O)Nc2cnn(Cc3c(F)cccc3Cl)c2)c1C. The first-order valence-corrected chi connectivity index (χ1v) is 10.5. The van der Waals surface area contributed by atoms with Gasteiger partial charge < -0.3 is 0 Å². The topological polar surface area (TPSA) is 64.0 Å². The van der Waals surface area contributed by atoms with E-state index in [1.807, 2.05) is 19.9 Å². The van der Waals surface area contributed by atoms with Gasteiger partial charge in [0, 0.05) is 16.8 Å². The van der Waals surface area contributed by atoms with Crippen LogP contribution >= 0.6 is 11.6 Å². The molecular formula is C20H21ClFN3O2S. The highest BCUT2D eigenvalue weighted by molar-refractivity contribution is 7.92. The van der Waals surface area contributed by atoms with Gasteiger partial charge in [0.2, 0.25) is 0 Å². The molecule has 0 saturated heterocycles. The van der Waals surface area contributed by atoms with Gasteiger partial charge in [-0.05, 0) is 62.1 Å². The molecule has 0 saturated carbocycles. The number of benzene rings is 2. The predicted molar refractivity (Wildman–Crippen MR) is 109 cm³/mol. The minimum Gasteiger partial charge on any atom is -0.276 e. The molecule has 148 valence electrons. The average molecular weight is 422 g/mol. The largest absolute Gasteiger partial charge is 0.276 e. The van der Waals surface area contributed by atoms with Crippen LogP contribution in [0.1, 0.15) is 27.8 Å². The lowest BCUT2D eigenvalue weighted by Crippen LogP contribution is -2.16. The Morgan fingerprint density at radius 1 is 1.14 bits per heavy atom. The van der Waals surface area contributed by atoms with Crippen LogP contribution < -0.4 is 4.72 Å². The van der Waals surface area contributed by atoms with Gasteiger partial charge in [-0.15, -0.1) is 0 Å². The van der Waals surface area contributed by atoms with Gasteiger partial charge in [0.25, 0.3) is 10.0 Å². The highest BCUT2D eigenvalue weighted by Gasteiger charge is 2.23. The zero-order chi connectivity index (χ0) is 20.6. The summed E-state index contributed by atoms with van der Waals surface area (Å²) in [4.78, 5) is 0.273. The molecule has 1 N–H and O–H groups in total. The number of aryl methyl sites for hydroxylation is 2. The van der Waals surface area contributed by atoms with Crippen molar-refractivity contribution >= 4 is 27.3 Å². The van der Waals surface area contributed by atoms with Crippen molar-refractivity contribution in [3.8, 4) is 0 Å². The van der Waals surface area contributed by atoms with E-state index in [-0.39, 0.29) is 11.4 Å². The summed E-state index contributed by atoms with van der Waals surface area (Å²) in [6.45, 7) is 7.45. The monoisotopic (exact) mass is 421 g/mol. The van der Waals surface area contributed by atoms with Crippen LogP contribution in [0, 0.1) is 33.5 Å². The minimum absolute atomic E-state index is 0.0921. The molecule has 0 atom stereocenters. The van der Waals surface area contributed by atoms with Crippen LogP contribution in [-0.2, 0) is 16.6 Å². The van der Waals surface area contributed by atoms with Crippen molar-refractivity contribution in [3.63, 3.8) is 0 Å². The summed E-state index contributed by atoms with van der Waals surface area (Å²) >= 11 is 6.04. The molecule has 0 bridgehead atoms. The Bertz CT molecular complexity index is 1110. The maximum Gasteiger partial charge on any atom is 0.262 e. The second-order valence-electron chi connectivity index (χ2n) is 6.82. The fraction of sp³-hybridized carbons (Fsp3) is 0.250. The van der Waals surface area contributed by atoms with E-state index in [2.05, 4.69) is 9.82 Å². The van der Waals surface area contributed by atoms with E-state index in [1.165, 1.54) is 29.2 Å². The van der Waals surface area contributed by atoms with Gasteiger partial charge in [0.15, 0.2) is 0 Å². The zero-order valence-electron chi connectivity index (χ0n) is 16.0. The smallest absolute Gasteiger partial charge is 0.262 e. The van der Waals surface area contributed by atoms with Crippen LogP contribution in [0.25, 0.3) is 0 Å². The number of aromatic nitrogens is 2. The quantitative estimate of drug-likeness (QED) is 0.646. The third kappa shape index (κ3) is 3.91. The van der Waals surface area contributed by atoms with Crippen LogP contribution in [0.15, 0.2) is 41.6 Å². The number of hydrogen-bond donors (Lipinski definition) is 1. The normalized spacial score (nSPS) is 11.6. The molecule has 8 heteroatoms. The zero-order valence-corrected chi connectivity index (χ0v) is 17.6. The molecule has 2 aromatic carbocycles. The number of halogens is 2. The first-order chi connectivity index (χ1) is 13.1. The first kappa shape index (κ1) is 20.4. The van der Waals surface area contributed by atoms with Gasteiger partial charge in [0.05, 0.1) is 23.3 Å². The summed E-state index contributed by atoms with van der Waals surface area (Å²) in [6.07, 6.45) is 2.90. The summed E-state index contributed by atoms with van der Waals surface area (Å²) in [5.41, 5.74) is 3.83. The molecule has 0 spiro atoms. The van der Waals surface area contributed by atoms with E-state index in [0.717, 1.165) is 11.1 Å². The molecule has 0 fully saturated rings. The highest BCUT2D eigenvalue weighted by atomic mass is 35.5. The molecule has 0 aliphatic heterocycles. The number of nitrogens with zero attached hydrogens (tertiary/aromatic N) is 2. The van der Waals surface area contributed by atoms with Gasteiger partial charge in [0.1, 0.15) is 5.82 Å². The van der Waals surface area contributed by atoms with Crippen molar-refractivity contribution in [2.24, 2.45) is 0 Å². The van der Waals surface area contributed by atoms with E-state index in [4.69, 9.17) is 11.6 Å². The first-order valence-electron chi connectivity index (χ1n) is 8.65. The fourth-order valence-electron chi connectivity index (χ4n) is 3.14. The Hall–Kier alpha value is -2.38. The van der Waals surface area contributed by atoms with Crippen molar-refractivity contribution in [1.82, 2.24) is 9.78 Å². The maximum absolute atomic E-state index is 14.0. The summed E-state index contributed by atoms with van der Waals surface area (Å²) in [5.74, 6) is -0.438. The molecule has 5 nitrogen and oxygen atoms in total. The van der Waals surface area contributed by atoms with E-state index < -0.39 is 15.8 Å². The minimum atomic E-state index is -3.80. The molecule has 0 aliphatic rings. The van der Waals surface area contributed by atoms with Crippen molar-refractivity contribution in [1.29, 1.82) is 0 Å². The molecular weight excluding hydrogens is 401 g/mol. The van der Waals surface area contributed by atoms with Gasteiger partial charge in [-0.2, -0.15) is 5.10 Å². The Morgan fingerprint density at radius 2 is 1.79 bits per heavy atom. The molecule has 0 radical (unpaired) electrons. The number of rotatable bonds is 5. The lowest BCUT2D eigenvalue weighted by atomic mass is 10.0. The van der Waals surface area contributed by atoms with Crippen molar-refractivity contribution in [3.05, 3.63) is 75.3 Å². The van der Waals surface area contributed by atoms with Crippen molar-refractivity contribution in [2.45, 2.75) is 39.1 Å².